The van der Waals surface area contributed by atoms with Gasteiger partial charge in [-0.25, -0.2) is 4.68 Å². The Hall–Kier alpha value is -2.99. The summed E-state index contributed by atoms with van der Waals surface area (Å²) in [5.74, 6) is -0.177. The number of benzene rings is 2. The zero-order chi connectivity index (χ0) is 20.1. The van der Waals surface area contributed by atoms with E-state index < -0.39 is 0 Å². The van der Waals surface area contributed by atoms with Crippen LogP contribution in [0, 0.1) is 6.92 Å². The summed E-state index contributed by atoms with van der Waals surface area (Å²) in [6, 6.07) is 20.4. The molecular weight excluding hydrogens is 364 g/mol. The van der Waals surface area contributed by atoms with Gasteiger partial charge in [0.05, 0.1) is 12.2 Å². The average Bonchev–Trinajstić information content (AvgIpc) is 3.14. The van der Waals surface area contributed by atoms with Gasteiger partial charge in [0.15, 0.2) is 5.69 Å². The molecule has 0 bridgehead atoms. The quantitative estimate of drug-likeness (QED) is 0.702. The van der Waals surface area contributed by atoms with Crippen molar-refractivity contribution in [3.63, 3.8) is 0 Å². The number of carbonyl (C=O) groups is 1. The van der Waals surface area contributed by atoms with Gasteiger partial charge in [-0.3, -0.25) is 4.79 Å². The van der Waals surface area contributed by atoms with Crippen molar-refractivity contribution < 1.29 is 9.53 Å². The smallest absolute Gasteiger partial charge is 0.273 e. The van der Waals surface area contributed by atoms with E-state index in [4.69, 9.17) is 4.74 Å². The number of amides is 1. The van der Waals surface area contributed by atoms with Crippen LogP contribution < -0.4 is 5.32 Å². The van der Waals surface area contributed by atoms with Gasteiger partial charge in [-0.1, -0.05) is 65.9 Å². The summed E-state index contributed by atoms with van der Waals surface area (Å²) in [7, 11) is 0. The van der Waals surface area contributed by atoms with E-state index in [1.807, 2.05) is 55.5 Å². The maximum Gasteiger partial charge on any atom is 0.273 e. The van der Waals surface area contributed by atoms with Crippen molar-refractivity contribution in [1.29, 1.82) is 0 Å². The Morgan fingerprint density at radius 2 is 1.72 bits per heavy atom. The average molecular weight is 390 g/mol. The van der Waals surface area contributed by atoms with E-state index >= 15 is 0 Å². The van der Waals surface area contributed by atoms with E-state index in [0.29, 0.717) is 32.0 Å². The SMILES string of the molecule is Cc1c(C(=O)NCC2(c3ccccc3)CCOCC2)nnn1Cc1ccccc1. The first-order chi connectivity index (χ1) is 14.2. The number of carbonyl (C=O) groups excluding carboxylic acids is 1. The van der Waals surface area contributed by atoms with Crippen molar-refractivity contribution in [3.8, 4) is 0 Å². The van der Waals surface area contributed by atoms with Crippen molar-refractivity contribution >= 4 is 5.91 Å². The van der Waals surface area contributed by atoms with Crippen LogP contribution in [0.4, 0.5) is 0 Å². The molecule has 150 valence electrons. The normalized spacial score (nSPS) is 15.8. The van der Waals surface area contributed by atoms with Crippen molar-refractivity contribution in [3.05, 3.63) is 83.2 Å². The van der Waals surface area contributed by atoms with E-state index in [1.54, 1.807) is 4.68 Å². The molecule has 0 aliphatic carbocycles. The number of aromatic nitrogens is 3. The van der Waals surface area contributed by atoms with Crippen LogP contribution in [-0.4, -0.2) is 40.7 Å². The van der Waals surface area contributed by atoms with Gasteiger partial charge in [-0.15, -0.1) is 5.10 Å². The lowest BCUT2D eigenvalue weighted by molar-refractivity contribution is 0.0486. The first kappa shape index (κ1) is 19.3. The molecule has 0 unspecified atom stereocenters. The first-order valence-corrected chi connectivity index (χ1v) is 10.0. The number of ether oxygens (including phenoxy) is 1. The van der Waals surface area contributed by atoms with Crippen LogP contribution in [0.5, 0.6) is 0 Å². The van der Waals surface area contributed by atoms with Crippen molar-refractivity contribution in [2.75, 3.05) is 19.8 Å². The Labute approximate surface area is 170 Å². The highest BCUT2D eigenvalue weighted by atomic mass is 16.5. The second kappa shape index (κ2) is 8.57. The summed E-state index contributed by atoms with van der Waals surface area (Å²) in [5, 5.41) is 11.5. The summed E-state index contributed by atoms with van der Waals surface area (Å²) >= 11 is 0. The summed E-state index contributed by atoms with van der Waals surface area (Å²) in [6.45, 7) is 4.45. The maximum absolute atomic E-state index is 12.9. The molecule has 3 aromatic rings. The molecule has 1 saturated heterocycles. The molecule has 1 amide bonds. The van der Waals surface area contributed by atoms with Crippen molar-refractivity contribution in [2.24, 2.45) is 0 Å². The fourth-order valence-corrected chi connectivity index (χ4v) is 3.93. The number of hydrogen-bond acceptors (Lipinski definition) is 4. The second-order valence-corrected chi connectivity index (χ2v) is 7.61. The third-order valence-electron chi connectivity index (χ3n) is 5.80. The van der Waals surface area contributed by atoms with Gasteiger partial charge in [0, 0.05) is 25.2 Å². The van der Waals surface area contributed by atoms with Crippen molar-refractivity contribution in [1.82, 2.24) is 20.3 Å². The molecule has 1 aromatic heterocycles. The summed E-state index contributed by atoms with van der Waals surface area (Å²) < 4.78 is 7.35. The molecule has 1 aliphatic heterocycles. The summed E-state index contributed by atoms with van der Waals surface area (Å²) in [5.41, 5.74) is 3.41. The molecular formula is C23H26N4O2. The molecule has 2 aromatic carbocycles. The van der Waals surface area contributed by atoms with Crippen LogP contribution >= 0.6 is 0 Å². The lowest BCUT2D eigenvalue weighted by Crippen LogP contribution is -2.44. The van der Waals surface area contributed by atoms with Gasteiger partial charge in [-0.2, -0.15) is 0 Å². The fourth-order valence-electron chi connectivity index (χ4n) is 3.93. The van der Waals surface area contributed by atoms with Gasteiger partial charge in [0.1, 0.15) is 0 Å². The first-order valence-electron chi connectivity index (χ1n) is 10.0. The molecule has 0 spiro atoms. The Balaban J connectivity index is 1.47. The highest BCUT2D eigenvalue weighted by Gasteiger charge is 2.35. The minimum absolute atomic E-state index is 0.108. The van der Waals surface area contributed by atoms with Gasteiger partial charge < -0.3 is 10.1 Å². The zero-order valence-electron chi connectivity index (χ0n) is 16.7. The largest absolute Gasteiger partial charge is 0.381 e. The molecule has 1 fully saturated rings. The molecule has 1 N–H and O–H groups in total. The zero-order valence-corrected chi connectivity index (χ0v) is 16.7. The predicted molar refractivity (Wildman–Crippen MR) is 111 cm³/mol. The van der Waals surface area contributed by atoms with Crippen LogP contribution in [0.1, 0.15) is 40.2 Å². The minimum Gasteiger partial charge on any atom is -0.381 e. The van der Waals surface area contributed by atoms with E-state index in [1.165, 1.54) is 5.56 Å². The molecule has 6 nitrogen and oxygen atoms in total. The Morgan fingerprint density at radius 3 is 2.41 bits per heavy atom. The predicted octanol–water partition coefficient (Wildman–Crippen LogP) is 3.11. The van der Waals surface area contributed by atoms with E-state index in [0.717, 1.165) is 24.1 Å². The van der Waals surface area contributed by atoms with E-state index in [2.05, 4.69) is 27.8 Å². The Bertz CT molecular complexity index is 948. The van der Waals surface area contributed by atoms with E-state index in [9.17, 15) is 4.79 Å². The fraction of sp³-hybridized carbons (Fsp3) is 0.348. The molecule has 4 rings (SSSR count). The molecule has 2 heterocycles. The molecule has 0 radical (unpaired) electrons. The molecule has 6 heteroatoms. The highest BCUT2D eigenvalue weighted by molar-refractivity contribution is 5.93. The van der Waals surface area contributed by atoms with E-state index in [-0.39, 0.29) is 11.3 Å². The lowest BCUT2D eigenvalue weighted by atomic mass is 9.74. The molecule has 0 saturated carbocycles. The molecule has 0 atom stereocenters. The third-order valence-corrected chi connectivity index (χ3v) is 5.80. The number of rotatable bonds is 6. The van der Waals surface area contributed by atoms with Crippen LogP contribution in [0.25, 0.3) is 0 Å². The van der Waals surface area contributed by atoms with Gasteiger partial charge in [-0.05, 0) is 30.9 Å². The number of nitrogens with one attached hydrogen (secondary N) is 1. The standard InChI is InChI=1S/C23H26N4O2/c1-18-21(25-26-27(18)16-19-8-4-2-5-9-19)22(28)24-17-23(12-14-29-15-13-23)20-10-6-3-7-11-20/h2-11H,12-17H2,1H3,(H,24,28). The van der Waals surface area contributed by atoms with Gasteiger partial charge in [0.25, 0.3) is 5.91 Å². The third kappa shape index (κ3) is 4.22. The monoisotopic (exact) mass is 390 g/mol. The topological polar surface area (TPSA) is 69.0 Å². The molecule has 29 heavy (non-hydrogen) atoms. The number of hydrogen-bond donors (Lipinski definition) is 1. The number of nitrogens with zero attached hydrogens (tertiary/aromatic N) is 3. The molecule has 1 aliphatic rings. The summed E-state index contributed by atoms with van der Waals surface area (Å²) in [6.07, 6.45) is 1.77. The van der Waals surface area contributed by atoms with Gasteiger partial charge >= 0.3 is 0 Å². The van der Waals surface area contributed by atoms with Crippen molar-refractivity contribution in [2.45, 2.75) is 31.7 Å². The lowest BCUT2D eigenvalue weighted by Gasteiger charge is -2.37. The van der Waals surface area contributed by atoms with Crippen LogP contribution in [0.3, 0.4) is 0 Å². The minimum atomic E-state index is -0.177. The maximum atomic E-state index is 12.9. The highest BCUT2D eigenvalue weighted by Crippen LogP contribution is 2.34. The second-order valence-electron chi connectivity index (χ2n) is 7.61. The van der Waals surface area contributed by atoms with Gasteiger partial charge in [0.2, 0.25) is 0 Å². The Kier molecular flexibility index (Phi) is 5.71. The van der Waals surface area contributed by atoms with Crippen LogP contribution in [0.15, 0.2) is 60.7 Å². The van der Waals surface area contributed by atoms with Crippen LogP contribution in [0.2, 0.25) is 0 Å². The van der Waals surface area contributed by atoms with Crippen LogP contribution in [-0.2, 0) is 16.7 Å². The Morgan fingerprint density at radius 1 is 1.07 bits per heavy atom. The summed E-state index contributed by atoms with van der Waals surface area (Å²) in [4.78, 5) is 12.9.